The zero-order valence-electron chi connectivity index (χ0n) is 27.4. The van der Waals surface area contributed by atoms with Gasteiger partial charge in [-0.1, -0.05) is 75.7 Å². The first kappa shape index (κ1) is 33.0. The van der Waals surface area contributed by atoms with Crippen molar-refractivity contribution < 1.29 is 19.2 Å². The third-order valence-corrected chi connectivity index (χ3v) is 8.90. The molecular formula is C38H44N4O4. The van der Waals surface area contributed by atoms with Gasteiger partial charge in [-0.2, -0.15) is 0 Å². The summed E-state index contributed by atoms with van der Waals surface area (Å²) in [4.78, 5) is 60.4. The second-order valence-electron chi connectivity index (χ2n) is 11.8. The Bertz CT molecular complexity index is 1670. The van der Waals surface area contributed by atoms with Crippen LogP contribution >= 0.6 is 0 Å². The molecule has 2 aliphatic rings. The van der Waals surface area contributed by atoms with Crippen LogP contribution in [0, 0.1) is 0 Å². The molecule has 0 saturated heterocycles. The largest absolute Gasteiger partial charge is 0.305 e. The highest BCUT2D eigenvalue weighted by atomic mass is 16.2. The van der Waals surface area contributed by atoms with Gasteiger partial charge in [-0.15, -0.1) is 0 Å². The normalized spacial score (nSPS) is 14.1. The van der Waals surface area contributed by atoms with E-state index in [2.05, 4.69) is 16.7 Å². The van der Waals surface area contributed by atoms with Crippen LogP contribution in [0.2, 0.25) is 0 Å². The van der Waals surface area contributed by atoms with Crippen molar-refractivity contribution in [3.63, 3.8) is 0 Å². The highest BCUT2D eigenvalue weighted by Gasteiger charge is 2.34. The minimum absolute atomic E-state index is 0.227. The number of hydrogen-bond donors (Lipinski definition) is 0. The van der Waals surface area contributed by atoms with Crippen molar-refractivity contribution in [2.75, 3.05) is 52.9 Å². The maximum Gasteiger partial charge on any atom is 0.261 e. The Balaban J connectivity index is 0.00000204. The maximum absolute atomic E-state index is 13.3. The van der Waals surface area contributed by atoms with Gasteiger partial charge in [0.25, 0.3) is 23.6 Å². The van der Waals surface area contributed by atoms with E-state index < -0.39 is 0 Å². The van der Waals surface area contributed by atoms with Crippen LogP contribution in [-0.2, 0) is 0 Å². The number of carbonyl (C=O) groups is 4. The van der Waals surface area contributed by atoms with Crippen molar-refractivity contribution in [3.8, 4) is 0 Å². The summed E-state index contributed by atoms with van der Waals surface area (Å²) in [5.41, 5.74) is 2.34. The van der Waals surface area contributed by atoms with Gasteiger partial charge in [0, 0.05) is 59.2 Å². The predicted molar refractivity (Wildman–Crippen MR) is 183 cm³/mol. The molecule has 4 aromatic rings. The van der Waals surface area contributed by atoms with E-state index in [9.17, 15) is 19.2 Å². The number of unbranched alkanes of at least 4 members (excludes halogenated alkanes) is 1. The smallest absolute Gasteiger partial charge is 0.261 e. The lowest BCUT2D eigenvalue weighted by atomic mass is 9.94. The lowest BCUT2D eigenvalue weighted by Crippen LogP contribution is -2.45. The van der Waals surface area contributed by atoms with E-state index in [1.54, 1.807) is 12.1 Å². The van der Waals surface area contributed by atoms with E-state index in [0.29, 0.717) is 48.4 Å². The summed E-state index contributed by atoms with van der Waals surface area (Å²) in [7, 11) is 2.01. The fourth-order valence-corrected chi connectivity index (χ4v) is 6.47. The monoisotopic (exact) mass is 620 g/mol. The quantitative estimate of drug-likeness (QED) is 0.163. The fourth-order valence-electron chi connectivity index (χ4n) is 6.47. The molecule has 4 aromatic carbocycles. The van der Waals surface area contributed by atoms with Gasteiger partial charge >= 0.3 is 0 Å². The maximum atomic E-state index is 13.3. The van der Waals surface area contributed by atoms with Crippen LogP contribution in [0.5, 0.6) is 0 Å². The summed E-state index contributed by atoms with van der Waals surface area (Å²) in [6.45, 7) is 10.5. The van der Waals surface area contributed by atoms with Crippen molar-refractivity contribution >= 4 is 45.2 Å². The molecule has 2 heterocycles. The van der Waals surface area contributed by atoms with Gasteiger partial charge in [-0.25, -0.2) is 0 Å². The Kier molecular flexibility index (Phi) is 10.6. The van der Waals surface area contributed by atoms with Crippen LogP contribution in [0.4, 0.5) is 0 Å². The number of likely N-dealkylation sites (N-methyl/N-ethyl adjacent to an activating group) is 1. The molecule has 0 unspecified atom stereocenters. The molecule has 8 nitrogen and oxygen atoms in total. The SMILES string of the molecule is CC.CCCCN(CCCN(C)CCN1C(=O)c2cccc3cccc(c23)C1=O)CCN1C(=O)c2cccc3cccc(c23)C1=O. The summed E-state index contributed by atoms with van der Waals surface area (Å²) in [6, 6.07) is 22.4. The highest BCUT2D eigenvalue weighted by molar-refractivity contribution is 6.26. The van der Waals surface area contributed by atoms with Crippen LogP contribution in [0.1, 0.15) is 81.5 Å². The molecule has 8 heteroatoms. The van der Waals surface area contributed by atoms with E-state index in [1.165, 1.54) is 9.80 Å². The second kappa shape index (κ2) is 14.8. The number of carbonyl (C=O) groups excluding carboxylic acids is 4. The van der Waals surface area contributed by atoms with Crippen molar-refractivity contribution in [1.82, 2.24) is 19.6 Å². The lowest BCUT2D eigenvalue weighted by Gasteiger charge is -2.31. The van der Waals surface area contributed by atoms with E-state index in [1.807, 2.05) is 81.6 Å². The Morgan fingerprint density at radius 3 is 1.33 bits per heavy atom. The van der Waals surface area contributed by atoms with Crippen LogP contribution in [0.25, 0.3) is 21.5 Å². The summed E-state index contributed by atoms with van der Waals surface area (Å²) < 4.78 is 0. The number of benzene rings is 4. The fraction of sp³-hybridized carbons (Fsp3) is 0.368. The molecule has 0 bridgehead atoms. The second-order valence-corrected chi connectivity index (χ2v) is 11.8. The Labute approximate surface area is 271 Å². The zero-order chi connectivity index (χ0) is 32.8. The molecule has 0 saturated carbocycles. The third-order valence-electron chi connectivity index (χ3n) is 8.90. The van der Waals surface area contributed by atoms with E-state index in [0.717, 1.165) is 60.4 Å². The topological polar surface area (TPSA) is 81.2 Å². The van der Waals surface area contributed by atoms with Crippen LogP contribution in [-0.4, -0.2) is 96.1 Å². The molecular weight excluding hydrogens is 576 g/mol. The lowest BCUT2D eigenvalue weighted by molar-refractivity contribution is 0.0583. The van der Waals surface area contributed by atoms with Crippen molar-refractivity contribution in [2.45, 2.75) is 40.0 Å². The summed E-state index contributed by atoms with van der Waals surface area (Å²) in [5.74, 6) is -0.927. The minimum atomic E-state index is -0.237. The van der Waals surface area contributed by atoms with E-state index in [4.69, 9.17) is 0 Å². The molecule has 2 aliphatic heterocycles. The van der Waals surface area contributed by atoms with Crippen LogP contribution in [0.3, 0.4) is 0 Å². The molecule has 0 atom stereocenters. The molecule has 240 valence electrons. The van der Waals surface area contributed by atoms with Gasteiger partial charge in [0.15, 0.2) is 0 Å². The minimum Gasteiger partial charge on any atom is -0.305 e. The van der Waals surface area contributed by atoms with Gasteiger partial charge in [-0.05, 0) is 74.6 Å². The van der Waals surface area contributed by atoms with E-state index in [-0.39, 0.29) is 23.6 Å². The first-order chi connectivity index (χ1) is 22.4. The predicted octanol–water partition coefficient (Wildman–Crippen LogP) is 6.34. The van der Waals surface area contributed by atoms with E-state index >= 15 is 0 Å². The summed E-state index contributed by atoms with van der Waals surface area (Å²) in [5, 5.41) is 3.31. The van der Waals surface area contributed by atoms with Crippen LogP contribution < -0.4 is 0 Å². The third kappa shape index (κ3) is 6.46. The summed E-state index contributed by atoms with van der Waals surface area (Å²) in [6.07, 6.45) is 2.98. The molecule has 0 aromatic heterocycles. The molecule has 46 heavy (non-hydrogen) atoms. The Hall–Kier alpha value is -4.40. The number of rotatable bonds is 13. The molecule has 4 amide bonds. The molecule has 0 aliphatic carbocycles. The van der Waals surface area contributed by atoms with Gasteiger partial charge in [-0.3, -0.25) is 29.0 Å². The average Bonchev–Trinajstić information content (AvgIpc) is 3.08. The van der Waals surface area contributed by atoms with Gasteiger partial charge in [0.1, 0.15) is 0 Å². The Morgan fingerprint density at radius 2 is 0.913 bits per heavy atom. The molecule has 6 rings (SSSR count). The van der Waals surface area contributed by atoms with Crippen LogP contribution in [0.15, 0.2) is 72.8 Å². The molecule has 0 radical (unpaired) electrons. The number of amides is 4. The van der Waals surface area contributed by atoms with Crippen molar-refractivity contribution in [3.05, 3.63) is 95.1 Å². The van der Waals surface area contributed by atoms with Gasteiger partial charge < -0.3 is 9.80 Å². The average molecular weight is 621 g/mol. The molecule has 0 N–H and O–H groups in total. The summed E-state index contributed by atoms with van der Waals surface area (Å²) >= 11 is 0. The highest BCUT2D eigenvalue weighted by Crippen LogP contribution is 2.31. The van der Waals surface area contributed by atoms with Crippen molar-refractivity contribution in [1.29, 1.82) is 0 Å². The Morgan fingerprint density at radius 1 is 0.522 bits per heavy atom. The standard InChI is InChI=1S/C36H38N4O4.C2H6/c1-3-4-19-38(22-24-40-35(43)29-16-7-12-26-13-8-17-30(32(26)29)36(40)44)20-9-18-37(2)21-23-39-33(41)27-14-5-10-25-11-6-15-28(31(25)27)34(39)42;1-2/h5-8,10-17H,3-4,9,18-24H2,1-2H3;1-2H3. The zero-order valence-corrected chi connectivity index (χ0v) is 27.4. The molecule has 0 fully saturated rings. The number of hydrogen-bond acceptors (Lipinski definition) is 6. The number of nitrogens with zero attached hydrogens (tertiary/aromatic N) is 4. The number of imide groups is 2. The molecule has 0 spiro atoms. The first-order valence-electron chi connectivity index (χ1n) is 16.6. The van der Waals surface area contributed by atoms with Gasteiger partial charge in [0.05, 0.1) is 0 Å². The van der Waals surface area contributed by atoms with Crippen molar-refractivity contribution in [2.24, 2.45) is 0 Å². The van der Waals surface area contributed by atoms with Gasteiger partial charge in [0.2, 0.25) is 0 Å². The first-order valence-corrected chi connectivity index (χ1v) is 16.6.